The first-order valence-corrected chi connectivity index (χ1v) is 18.5. The number of nitrogens with zero attached hydrogens (tertiary/aromatic N) is 2. The number of rotatable bonds is 12. The average molecular weight is 655 g/mol. The molecule has 0 amide bonds. The van der Waals surface area contributed by atoms with Gasteiger partial charge in [0.25, 0.3) is 0 Å². The van der Waals surface area contributed by atoms with Crippen molar-refractivity contribution in [1.82, 2.24) is 0 Å². The third-order valence-electron chi connectivity index (χ3n) is 10.8. The van der Waals surface area contributed by atoms with Crippen molar-refractivity contribution in [2.24, 2.45) is 0 Å². The van der Waals surface area contributed by atoms with Gasteiger partial charge in [-0.1, -0.05) is 153 Å². The average Bonchev–Trinajstić information content (AvgIpc) is 3.16. The van der Waals surface area contributed by atoms with Crippen LogP contribution in [0, 0.1) is 13.8 Å². The fourth-order valence-corrected chi connectivity index (χ4v) is 8.29. The molecule has 0 spiro atoms. The summed E-state index contributed by atoms with van der Waals surface area (Å²) < 4.78 is 0. The second-order valence-electron chi connectivity index (χ2n) is 14.3. The molecule has 252 valence electrons. The van der Waals surface area contributed by atoms with Gasteiger partial charge in [0, 0.05) is 43.0 Å². The van der Waals surface area contributed by atoms with Gasteiger partial charge in [0.05, 0.1) is 0 Å². The Morgan fingerprint density at radius 3 is 1.02 bits per heavy atom. The smallest absolute Gasteiger partial charge is 0.0433 e. The predicted molar refractivity (Wildman–Crippen MR) is 212 cm³/mol. The van der Waals surface area contributed by atoms with Gasteiger partial charge in [0.2, 0.25) is 0 Å². The lowest BCUT2D eigenvalue weighted by Gasteiger charge is -2.41. The van der Waals surface area contributed by atoms with Crippen LogP contribution in [0.25, 0.3) is 0 Å². The Hall–Kier alpha value is -5.08. The van der Waals surface area contributed by atoms with Gasteiger partial charge in [-0.25, -0.2) is 0 Å². The van der Waals surface area contributed by atoms with Crippen LogP contribution in [-0.4, -0.2) is 0 Å². The zero-order valence-electron chi connectivity index (χ0n) is 29.8. The van der Waals surface area contributed by atoms with Crippen LogP contribution in [0.15, 0.2) is 158 Å². The molecule has 7 rings (SSSR count). The van der Waals surface area contributed by atoms with Gasteiger partial charge >= 0.3 is 0 Å². The lowest BCUT2D eigenvalue weighted by molar-refractivity contribution is 0.343. The molecule has 1 aliphatic carbocycles. The Labute approximate surface area is 300 Å². The van der Waals surface area contributed by atoms with E-state index in [2.05, 4.69) is 181 Å². The highest BCUT2D eigenvalue weighted by atomic mass is 15.1. The maximum atomic E-state index is 2.53. The van der Waals surface area contributed by atoms with Crippen LogP contribution < -0.4 is 9.80 Å². The molecule has 1 fully saturated rings. The summed E-state index contributed by atoms with van der Waals surface area (Å²) in [6.45, 7) is 8.21. The van der Waals surface area contributed by atoms with E-state index in [4.69, 9.17) is 0 Å². The fourth-order valence-electron chi connectivity index (χ4n) is 8.29. The summed E-state index contributed by atoms with van der Waals surface area (Å²) in [5.41, 5.74) is 13.7. The van der Waals surface area contributed by atoms with Crippen LogP contribution in [-0.2, 0) is 31.6 Å². The highest BCUT2D eigenvalue weighted by Crippen LogP contribution is 2.48. The molecule has 0 heterocycles. The van der Waals surface area contributed by atoms with Crippen molar-refractivity contribution < 1.29 is 0 Å². The summed E-state index contributed by atoms with van der Waals surface area (Å²) in [5, 5.41) is 0. The number of anilines is 2. The van der Waals surface area contributed by atoms with Gasteiger partial charge in [-0.3, -0.25) is 0 Å². The van der Waals surface area contributed by atoms with Crippen LogP contribution in [0.2, 0.25) is 0 Å². The molecule has 6 aromatic rings. The molecule has 0 radical (unpaired) electrons. The number of hydrogen-bond donors (Lipinski definition) is 0. The Bertz CT molecular complexity index is 1720. The molecule has 6 aromatic carbocycles. The van der Waals surface area contributed by atoms with E-state index in [1.807, 2.05) is 0 Å². The Balaban J connectivity index is 1.23. The van der Waals surface area contributed by atoms with Crippen LogP contribution in [0.1, 0.15) is 76.6 Å². The van der Waals surface area contributed by atoms with E-state index >= 15 is 0 Å². The molecule has 1 saturated carbocycles. The van der Waals surface area contributed by atoms with E-state index in [0.717, 1.165) is 26.2 Å². The Kier molecular flexibility index (Phi) is 10.5. The van der Waals surface area contributed by atoms with Gasteiger partial charge in [-0.05, 0) is 95.5 Å². The molecule has 1 aliphatic rings. The molecule has 0 bridgehead atoms. The van der Waals surface area contributed by atoms with Crippen LogP contribution >= 0.6 is 0 Å². The Morgan fingerprint density at radius 2 is 0.720 bits per heavy atom. The van der Waals surface area contributed by atoms with Crippen molar-refractivity contribution in [2.45, 2.75) is 77.5 Å². The predicted octanol–water partition coefficient (Wildman–Crippen LogP) is 12.0. The maximum Gasteiger partial charge on any atom is 0.0433 e. The molecule has 0 saturated heterocycles. The molecule has 0 aromatic heterocycles. The summed E-state index contributed by atoms with van der Waals surface area (Å²) in [6, 6.07) is 58.2. The Morgan fingerprint density at radius 1 is 0.400 bits per heavy atom. The zero-order chi connectivity index (χ0) is 34.2. The molecule has 2 heteroatoms. The largest absolute Gasteiger partial charge is 0.363 e. The minimum Gasteiger partial charge on any atom is -0.363 e. The third-order valence-corrected chi connectivity index (χ3v) is 10.8. The normalized spacial score (nSPS) is 13.9. The van der Waals surface area contributed by atoms with Gasteiger partial charge in [0.1, 0.15) is 0 Å². The highest BCUT2D eigenvalue weighted by Gasteiger charge is 2.38. The van der Waals surface area contributed by atoms with Gasteiger partial charge in [-0.2, -0.15) is 0 Å². The standard InChI is InChI=1S/C48H50N2/c1-38-32-44(49(34-40-18-8-3-9-19-40)35-41-20-10-4-11-21-41)26-28-46(38)48(30-16-7-17-31-48)47-29-27-45(33-39(47)2)50(36-42-22-12-5-13-23-42)37-43-24-14-6-15-25-43/h3-6,8-15,18-29,32-33H,7,16-17,30-31,34-37H2,1-2H3. The second-order valence-corrected chi connectivity index (χ2v) is 14.3. The number of hydrogen-bond acceptors (Lipinski definition) is 2. The SMILES string of the molecule is Cc1cc(N(Cc2ccccc2)Cc2ccccc2)ccc1C1(c2ccc(N(Cc3ccccc3)Cc3ccccc3)cc2C)CCCCC1. The van der Waals surface area contributed by atoms with Gasteiger partial charge in [0.15, 0.2) is 0 Å². The van der Waals surface area contributed by atoms with Crippen LogP contribution in [0.3, 0.4) is 0 Å². The molecular weight excluding hydrogens is 605 g/mol. The van der Waals surface area contributed by atoms with Crippen molar-refractivity contribution in [3.05, 3.63) is 202 Å². The summed E-state index contributed by atoms with van der Waals surface area (Å²) >= 11 is 0. The summed E-state index contributed by atoms with van der Waals surface area (Å²) in [6.07, 6.45) is 6.25. The van der Waals surface area contributed by atoms with Crippen LogP contribution in [0.4, 0.5) is 11.4 Å². The van der Waals surface area contributed by atoms with Crippen molar-refractivity contribution in [1.29, 1.82) is 0 Å². The molecule has 50 heavy (non-hydrogen) atoms. The molecule has 0 atom stereocenters. The summed E-state index contributed by atoms with van der Waals surface area (Å²) in [5.74, 6) is 0. The summed E-state index contributed by atoms with van der Waals surface area (Å²) in [7, 11) is 0. The van der Waals surface area contributed by atoms with Crippen molar-refractivity contribution in [3.63, 3.8) is 0 Å². The first-order valence-electron chi connectivity index (χ1n) is 18.5. The van der Waals surface area contributed by atoms with Gasteiger partial charge in [-0.15, -0.1) is 0 Å². The number of benzene rings is 6. The topological polar surface area (TPSA) is 6.48 Å². The zero-order valence-corrected chi connectivity index (χ0v) is 29.8. The van der Waals surface area contributed by atoms with Crippen molar-refractivity contribution >= 4 is 11.4 Å². The van der Waals surface area contributed by atoms with E-state index in [-0.39, 0.29) is 5.41 Å². The molecule has 0 unspecified atom stereocenters. The molecule has 2 nitrogen and oxygen atoms in total. The first-order chi connectivity index (χ1) is 24.6. The van der Waals surface area contributed by atoms with E-state index in [1.54, 1.807) is 0 Å². The third kappa shape index (κ3) is 7.71. The lowest BCUT2D eigenvalue weighted by Crippen LogP contribution is -2.32. The van der Waals surface area contributed by atoms with E-state index in [0.29, 0.717) is 0 Å². The van der Waals surface area contributed by atoms with Crippen LogP contribution in [0.5, 0.6) is 0 Å². The van der Waals surface area contributed by atoms with E-state index < -0.39 is 0 Å². The lowest BCUT2D eigenvalue weighted by atomic mass is 9.63. The molecule has 0 N–H and O–H groups in total. The van der Waals surface area contributed by atoms with E-state index in [9.17, 15) is 0 Å². The highest BCUT2D eigenvalue weighted by molar-refractivity contribution is 5.59. The van der Waals surface area contributed by atoms with Crippen molar-refractivity contribution in [2.75, 3.05) is 9.80 Å². The quantitative estimate of drug-likeness (QED) is 0.130. The minimum absolute atomic E-state index is 0.0247. The molecule has 0 aliphatic heterocycles. The maximum absolute atomic E-state index is 2.53. The van der Waals surface area contributed by atoms with Crippen molar-refractivity contribution in [3.8, 4) is 0 Å². The summed E-state index contributed by atoms with van der Waals surface area (Å²) in [4.78, 5) is 5.06. The second kappa shape index (κ2) is 15.6. The number of aryl methyl sites for hydroxylation is 2. The fraction of sp³-hybridized carbons (Fsp3) is 0.250. The monoisotopic (exact) mass is 654 g/mol. The van der Waals surface area contributed by atoms with E-state index in [1.165, 1.54) is 88.0 Å². The molecular formula is C48H50N2. The van der Waals surface area contributed by atoms with Gasteiger partial charge < -0.3 is 9.80 Å². The first kappa shape index (κ1) is 33.4. The minimum atomic E-state index is 0.0247.